The van der Waals surface area contributed by atoms with Gasteiger partial charge in [-0.3, -0.25) is 9.59 Å². The number of methoxy groups -OCH3 is 1. The number of nitrogens with one attached hydrogen (secondary N) is 3. The summed E-state index contributed by atoms with van der Waals surface area (Å²) in [7, 11) is 1.31. The molecular formula is C44H63N7O5S5. The molecular weight excluding hydrogens is 867 g/mol. The summed E-state index contributed by atoms with van der Waals surface area (Å²) in [5.41, 5.74) is 5.46. The lowest BCUT2D eigenvalue weighted by molar-refractivity contribution is -0.138. The monoisotopic (exact) mass is 929 g/mol. The number of aromatic nitrogens is 4. The van der Waals surface area contributed by atoms with Gasteiger partial charge in [0.05, 0.1) is 48.7 Å². The number of likely N-dealkylation sites (tertiary alicyclic amines) is 2. The summed E-state index contributed by atoms with van der Waals surface area (Å²) in [4.78, 5) is 60.3. The summed E-state index contributed by atoms with van der Waals surface area (Å²) in [6.07, 6.45) is 6.06. The maximum atomic E-state index is 13.8. The van der Waals surface area contributed by atoms with E-state index in [-0.39, 0.29) is 120 Å². The number of alkyl carbamates (subject to hydrolysis) is 1. The highest BCUT2D eigenvalue weighted by atomic mass is 32.1. The first-order valence-electron chi connectivity index (χ1n) is 20.1. The second kappa shape index (κ2) is 20.9. The van der Waals surface area contributed by atoms with Gasteiger partial charge in [-0.15, -0.1) is 0 Å². The molecule has 2 aromatic heterocycles. The van der Waals surface area contributed by atoms with Crippen LogP contribution in [0, 0.1) is 40.4 Å². The third-order valence-corrected chi connectivity index (χ3v) is 12.8. The zero-order valence-corrected chi connectivity index (χ0v) is 40.8. The zero-order valence-electron chi connectivity index (χ0n) is 35.8. The smallest absolute Gasteiger partial charge is 0.407 e. The van der Waals surface area contributed by atoms with Gasteiger partial charge in [-0.25, -0.2) is 14.8 Å². The van der Waals surface area contributed by atoms with E-state index in [2.05, 4.69) is 45.9 Å². The van der Waals surface area contributed by atoms with Crippen molar-refractivity contribution in [2.75, 3.05) is 33.4 Å². The summed E-state index contributed by atoms with van der Waals surface area (Å²) >= 11 is 0. The minimum Gasteiger partial charge on any atom is -0.453 e. The Morgan fingerprint density at radius 3 is 2.05 bits per heavy atom. The van der Waals surface area contributed by atoms with Crippen LogP contribution in [0.25, 0.3) is 22.3 Å². The number of aromatic amines is 2. The molecule has 1 aliphatic carbocycles. The number of ether oxygens (including phenoxy) is 2. The normalized spacial score (nSPS) is 21.6. The fraction of sp³-hybridized carbons (Fsp3) is 0.523. The molecule has 12 nitrogen and oxygen atoms in total. The van der Waals surface area contributed by atoms with E-state index in [0.717, 1.165) is 83.8 Å². The van der Waals surface area contributed by atoms with Crippen molar-refractivity contribution in [2.24, 2.45) is 28.6 Å². The molecule has 3 saturated heterocycles. The molecule has 2 spiro atoms. The average Bonchev–Trinajstić information content (AvgIpc) is 3.79. The molecule has 1 saturated carbocycles. The van der Waals surface area contributed by atoms with Gasteiger partial charge in [-0.1, -0.05) is 58.6 Å². The van der Waals surface area contributed by atoms with Gasteiger partial charge >= 0.3 is 6.09 Å². The summed E-state index contributed by atoms with van der Waals surface area (Å²) < 4.78 is 10.6. The Morgan fingerprint density at radius 1 is 0.803 bits per heavy atom. The minimum absolute atomic E-state index is 0. The number of hydrogen-bond donors (Lipinski definition) is 3. The Hall–Kier alpha value is -3.40. The van der Waals surface area contributed by atoms with Crippen molar-refractivity contribution in [3.8, 4) is 23.1 Å². The van der Waals surface area contributed by atoms with Crippen molar-refractivity contribution >= 4 is 96.4 Å². The number of benzene rings is 2. The van der Waals surface area contributed by atoms with Crippen LogP contribution in [0.2, 0.25) is 0 Å². The summed E-state index contributed by atoms with van der Waals surface area (Å²) in [6, 6.07) is 13.1. The molecule has 0 unspecified atom stereocenters. The molecule has 2 aromatic carbocycles. The number of amides is 3. The highest BCUT2D eigenvalue weighted by molar-refractivity contribution is 7.60. The van der Waals surface area contributed by atoms with Crippen LogP contribution < -0.4 is 5.32 Å². The van der Waals surface area contributed by atoms with E-state index in [1.54, 1.807) is 0 Å². The number of carbonyl (C=O) groups is 3. The molecule has 0 bridgehead atoms. The topological polar surface area (TPSA) is 146 Å². The van der Waals surface area contributed by atoms with E-state index in [1.165, 1.54) is 7.11 Å². The lowest BCUT2D eigenvalue weighted by atomic mass is 9.85. The van der Waals surface area contributed by atoms with Crippen molar-refractivity contribution in [3.05, 3.63) is 71.4 Å². The molecule has 4 fully saturated rings. The Balaban J connectivity index is 0.00000198. The molecule has 5 heterocycles. The van der Waals surface area contributed by atoms with Gasteiger partial charge in [0.1, 0.15) is 17.7 Å². The average molecular weight is 930 g/mol. The molecule has 5 atom stereocenters. The largest absolute Gasteiger partial charge is 0.453 e. The molecule has 3 aliphatic heterocycles. The van der Waals surface area contributed by atoms with E-state index in [4.69, 9.17) is 19.4 Å². The van der Waals surface area contributed by atoms with Crippen LogP contribution in [-0.2, 0) is 19.1 Å². The lowest BCUT2D eigenvalue weighted by Gasteiger charge is -2.30. The minimum atomic E-state index is -0.681. The number of rotatable bonds is 8. The predicted molar refractivity (Wildman–Crippen MR) is 264 cm³/mol. The quantitative estimate of drug-likeness (QED) is 0.157. The zero-order chi connectivity index (χ0) is 39.4. The first kappa shape index (κ1) is 51.9. The fourth-order valence-electron chi connectivity index (χ4n) is 8.76. The lowest BCUT2D eigenvalue weighted by Crippen LogP contribution is -2.51. The van der Waals surface area contributed by atoms with Crippen molar-refractivity contribution in [2.45, 2.75) is 84.8 Å². The summed E-state index contributed by atoms with van der Waals surface area (Å²) in [5, 5.41) is 2.74. The molecule has 4 aliphatic rings. The first-order valence-corrected chi connectivity index (χ1v) is 20.1. The number of fused-ring (bicyclic) bond motifs is 1. The van der Waals surface area contributed by atoms with Crippen LogP contribution in [0.4, 0.5) is 4.79 Å². The van der Waals surface area contributed by atoms with E-state index < -0.39 is 12.1 Å². The Bertz CT molecular complexity index is 2210. The molecule has 334 valence electrons. The molecule has 3 amide bonds. The SMILES string of the molecule is COC(=O)N[C@H](C(=O)N1CC2(CC2)C[C@H]1c1ncc(-c2ccc(C#Cc3ccc4nc([C@@H]5C[C@]6(CCOC6)CN5C(=O)[C@@H](C)C(C)C)[nH]c4c3)cc2)[nH]1)C(C)C.S.S.S.S.S. The van der Waals surface area contributed by atoms with Crippen LogP contribution >= 0.6 is 67.5 Å². The van der Waals surface area contributed by atoms with Crippen molar-refractivity contribution in [1.29, 1.82) is 0 Å². The molecule has 4 aromatic rings. The molecule has 3 N–H and O–H groups in total. The third-order valence-electron chi connectivity index (χ3n) is 12.8. The van der Waals surface area contributed by atoms with Gasteiger partial charge in [0.15, 0.2) is 0 Å². The second-order valence-electron chi connectivity index (χ2n) is 17.4. The van der Waals surface area contributed by atoms with Crippen LogP contribution in [0.5, 0.6) is 0 Å². The maximum absolute atomic E-state index is 13.8. The third kappa shape index (κ3) is 10.7. The van der Waals surface area contributed by atoms with Crippen molar-refractivity contribution in [3.63, 3.8) is 0 Å². The van der Waals surface area contributed by atoms with Crippen LogP contribution in [0.1, 0.15) is 102 Å². The molecule has 0 radical (unpaired) electrons. The van der Waals surface area contributed by atoms with Gasteiger partial charge in [0, 0.05) is 42.2 Å². The molecule has 17 heteroatoms. The number of H-pyrrole nitrogens is 2. The van der Waals surface area contributed by atoms with E-state index in [1.807, 2.05) is 74.3 Å². The summed E-state index contributed by atoms with van der Waals surface area (Å²) in [5.74, 6) is 8.37. The standard InChI is InChI=1S/C44H53N7O5.5H2S/c1-26(2)28(5)40(52)50-24-44(17-18-56-25-44)21-36(50)39-46-32-14-11-30(19-33(32)47-39)8-7-29-9-12-31(13-10-29)34-22-45-38(48-34)35-20-43(15-16-43)23-51(35)41(53)37(27(3)4)49-42(54)55-6;;;;;/h9-14,19,22,26-28,35-37H,15-18,20-21,23-25H2,1-6H3,(H,45,48)(H,46,47)(H,49,54);5*1H2/t28-,35-,36-,37-,44+;;;;;/m0...../s1. The number of nitrogens with zero attached hydrogens (tertiary/aromatic N) is 4. The van der Waals surface area contributed by atoms with Gasteiger partial charge in [-0.2, -0.15) is 67.5 Å². The van der Waals surface area contributed by atoms with Crippen LogP contribution in [0.3, 0.4) is 0 Å². The number of hydrogen-bond acceptors (Lipinski definition) is 7. The van der Waals surface area contributed by atoms with E-state index in [9.17, 15) is 14.4 Å². The highest BCUT2D eigenvalue weighted by Gasteiger charge is 2.55. The Morgan fingerprint density at radius 2 is 1.43 bits per heavy atom. The Labute approximate surface area is 394 Å². The highest BCUT2D eigenvalue weighted by Crippen LogP contribution is 2.58. The van der Waals surface area contributed by atoms with Gasteiger partial charge in [0.2, 0.25) is 11.8 Å². The van der Waals surface area contributed by atoms with Gasteiger partial charge in [0.25, 0.3) is 0 Å². The second-order valence-corrected chi connectivity index (χ2v) is 17.4. The van der Waals surface area contributed by atoms with E-state index >= 15 is 0 Å². The van der Waals surface area contributed by atoms with Crippen LogP contribution in [0.15, 0.2) is 48.7 Å². The van der Waals surface area contributed by atoms with Crippen molar-refractivity contribution < 1.29 is 23.9 Å². The van der Waals surface area contributed by atoms with Gasteiger partial charge < -0.3 is 34.6 Å². The van der Waals surface area contributed by atoms with E-state index in [0.29, 0.717) is 19.7 Å². The number of carbonyl (C=O) groups excluding carboxylic acids is 3. The van der Waals surface area contributed by atoms with Crippen molar-refractivity contribution in [1.82, 2.24) is 35.1 Å². The molecule has 61 heavy (non-hydrogen) atoms. The first-order chi connectivity index (χ1) is 26.9. The van der Waals surface area contributed by atoms with Crippen LogP contribution in [-0.4, -0.2) is 87.1 Å². The molecule has 8 rings (SSSR count). The summed E-state index contributed by atoms with van der Waals surface area (Å²) in [6.45, 7) is 12.9. The maximum Gasteiger partial charge on any atom is 0.407 e. The predicted octanol–water partition coefficient (Wildman–Crippen LogP) is 7.32. The fourth-order valence-corrected chi connectivity index (χ4v) is 8.76. The Kier molecular flexibility index (Phi) is 17.8. The number of imidazole rings is 2. The van der Waals surface area contributed by atoms with Gasteiger partial charge in [-0.05, 0) is 85.3 Å².